The molecule has 0 saturated heterocycles. The SMILES string of the molecule is CCOC(=O)/C=C(O)/C=C1/C(=O)N(C)c2ccccc21. The summed E-state index contributed by atoms with van der Waals surface area (Å²) in [4.78, 5) is 24.8. The monoisotopic (exact) mass is 273 g/mol. The highest BCUT2D eigenvalue weighted by atomic mass is 16.5. The molecule has 1 aromatic rings. The lowest BCUT2D eigenvalue weighted by Gasteiger charge is -2.07. The molecule has 1 aliphatic heterocycles. The number of benzene rings is 1. The fourth-order valence-electron chi connectivity index (χ4n) is 2.03. The Kier molecular flexibility index (Phi) is 3.89. The highest BCUT2D eigenvalue weighted by Gasteiger charge is 2.29. The van der Waals surface area contributed by atoms with Crippen LogP contribution in [0.4, 0.5) is 5.69 Å². The maximum absolute atomic E-state index is 12.1. The average Bonchev–Trinajstić information content (AvgIpc) is 2.65. The summed E-state index contributed by atoms with van der Waals surface area (Å²) in [5.41, 5.74) is 1.85. The Hall–Kier alpha value is -2.56. The molecule has 5 heteroatoms. The third-order valence-corrected chi connectivity index (χ3v) is 2.94. The number of fused-ring (bicyclic) bond motifs is 1. The van der Waals surface area contributed by atoms with Crippen molar-refractivity contribution in [3.63, 3.8) is 0 Å². The topological polar surface area (TPSA) is 66.8 Å². The van der Waals surface area contributed by atoms with Gasteiger partial charge in [-0.1, -0.05) is 18.2 Å². The summed E-state index contributed by atoms with van der Waals surface area (Å²) in [7, 11) is 1.66. The van der Waals surface area contributed by atoms with E-state index in [-0.39, 0.29) is 18.3 Å². The van der Waals surface area contributed by atoms with Crippen LogP contribution in [-0.4, -0.2) is 30.6 Å². The molecule has 0 unspecified atom stereocenters. The summed E-state index contributed by atoms with van der Waals surface area (Å²) < 4.78 is 4.69. The predicted molar refractivity (Wildman–Crippen MR) is 75.2 cm³/mol. The van der Waals surface area contributed by atoms with Crippen molar-refractivity contribution in [2.24, 2.45) is 0 Å². The number of aliphatic hydroxyl groups excluding tert-OH is 1. The van der Waals surface area contributed by atoms with E-state index in [0.29, 0.717) is 5.57 Å². The second-order valence-corrected chi connectivity index (χ2v) is 4.26. The van der Waals surface area contributed by atoms with Crippen LogP contribution in [0.1, 0.15) is 12.5 Å². The number of ether oxygens (including phenoxy) is 1. The summed E-state index contributed by atoms with van der Waals surface area (Å²) in [6.45, 7) is 1.90. The van der Waals surface area contributed by atoms with Crippen molar-refractivity contribution in [2.75, 3.05) is 18.6 Å². The van der Waals surface area contributed by atoms with Gasteiger partial charge >= 0.3 is 5.97 Å². The van der Waals surface area contributed by atoms with E-state index in [4.69, 9.17) is 4.74 Å². The second-order valence-electron chi connectivity index (χ2n) is 4.26. The van der Waals surface area contributed by atoms with Crippen LogP contribution in [0, 0.1) is 0 Å². The van der Waals surface area contributed by atoms with E-state index in [0.717, 1.165) is 17.3 Å². The number of hydrogen-bond acceptors (Lipinski definition) is 4. The smallest absolute Gasteiger partial charge is 0.334 e. The largest absolute Gasteiger partial charge is 0.508 e. The normalized spacial score (nSPS) is 16.5. The fourth-order valence-corrected chi connectivity index (χ4v) is 2.03. The Morgan fingerprint density at radius 3 is 2.80 bits per heavy atom. The second kappa shape index (κ2) is 5.61. The van der Waals surface area contributed by atoms with Crippen LogP contribution in [-0.2, 0) is 14.3 Å². The molecule has 1 amide bonds. The molecule has 0 atom stereocenters. The first kappa shape index (κ1) is 13.9. The van der Waals surface area contributed by atoms with Crippen molar-refractivity contribution in [1.29, 1.82) is 0 Å². The van der Waals surface area contributed by atoms with E-state index >= 15 is 0 Å². The highest BCUT2D eigenvalue weighted by Crippen LogP contribution is 2.35. The molecule has 1 aliphatic rings. The number of hydrogen-bond donors (Lipinski definition) is 1. The van der Waals surface area contributed by atoms with E-state index in [2.05, 4.69) is 0 Å². The number of carbonyl (C=O) groups is 2. The van der Waals surface area contributed by atoms with Crippen LogP contribution < -0.4 is 4.90 Å². The minimum Gasteiger partial charge on any atom is -0.508 e. The van der Waals surface area contributed by atoms with Gasteiger partial charge in [0.05, 0.1) is 23.9 Å². The summed E-state index contributed by atoms with van der Waals surface area (Å²) in [5.74, 6) is -1.18. The molecule has 0 spiro atoms. The number of allylic oxidation sites excluding steroid dienone is 1. The maximum atomic E-state index is 12.1. The van der Waals surface area contributed by atoms with Gasteiger partial charge in [0.15, 0.2) is 0 Å². The Morgan fingerprint density at radius 2 is 2.10 bits per heavy atom. The molecule has 5 nitrogen and oxygen atoms in total. The average molecular weight is 273 g/mol. The zero-order chi connectivity index (χ0) is 14.7. The zero-order valence-electron chi connectivity index (χ0n) is 11.3. The Bertz CT molecular complexity index is 616. The highest BCUT2D eigenvalue weighted by molar-refractivity contribution is 6.32. The number of nitrogens with zero attached hydrogens (tertiary/aromatic N) is 1. The third-order valence-electron chi connectivity index (χ3n) is 2.94. The number of aliphatic hydroxyl groups is 1. The number of para-hydroxylation sites is 1. The quantitative estimate of drug-likeness (QED) is 0.520. The van der Waals surface area contributed by atoms with E-state index < -0.39 is 5.97 Å². The molecular formula is C15H15NO4. The van der Waals surface area contributed by atoms with E-state index in [1.807, 2.05) is 18.2 Å². The van der Waals surface area contributed by atoms with Crippen molar-refractivity contribution in [1.82, 2.24) is 0 Å². The molecule has 1 N–H and O–H groups in total. The Labute approximate surface area is 116 Å². The molecule has 0 aliphatic carbocycles. The fraction of sp³-hybridized carbons (Fsp3) is 0.200. The summed E-state index contributed by atoms with van der Waals surface area (Å²) in [6, 6.07) is 7.26. The van der Waals surface area contributed by atoms with Gasteiger partial charge in [-0.2, -0.15) is 0 Å². The van der Waals surface area contributed by atoms with Crippen LogP contribution in [0.25, 0.3) is 5.57 Å². The van der Waals surface area contributed by atoms with Crippen LogP contribution in [0.3, 0.4) is 0 Å². The number of anilines is 1. The molecule has 0 bridgehead atoms. The van der Waals surface area contributed by atoms with E-state index in [1.165, 1.54) is 11.0 Å². The Morgan fingerprint density at radius 1 is 1.40 bits per heavy atom. The molecule has 0 aromatic heterocycles. The van der Waals surface area contributed by atoms with Gasteiger partial charge in [0.1, 0.15) is 5.76 Å². The molecule has 0 fully saturated rings. The standard InChI is InChI=1S/C15H15NO4/c1-3-20-14(18)9-10(17)8-12-11-6-4-5-7-13(11)16(2)15(12)19/h4-9,17H,3H2,1-2H3/b10-9-,12-8+. The van der Waals surface area contributed by atoms with E-state index in [9.17, 15) is 14.7 Å². The van der Waals surface area contributed by atoms with Crippen molar-refractivity contribution >= 4 is 23.1 Å². The number of carbonyl (C=O) groups excluding carboxylic acids is 2. The third kappa shape index (κ3) is 2.56. The predicted octanol–water partition coefficient (Wildman–Crippen LogP) is 2.05. The van der Waals surface area contributed by atoms with Gasteiger partial charge < -0.3 is 14.7 Å². The zero-order valence-corrected chi connectivity index (χ0v) is 11.3. The first-order chi connectivity index (χ1) is 9.54. The van der Waals surface area contributed by atoms with Gasteiger partial charge in [-0.05, 0) is 19.1 Å². The van der Waals surface area contributed by atoms with Crippen molar-refractivity contribution in [3.8, 4) is 0 Å². The first-order valence-corrected chi connectivity index (χ1v) is 6.21. The van der Waals surface area contributed by atoms with Crippen LogP contribution in [0.2, 0.25) is 0 Å². The minimum atomic E-state index is -0.645. The van der Waals surface area contributed by atoms with Crippen LogP contribution in [0.15, 0.2) is 42.2 Å². The van der Waals surface area contributed by atoms with Gasteiger partial charge in [0, 0.05) is 12.6 Å². The van der Waals surface area contributed by atoms with Crippen molar-refractivity contribution in [3.05, 3.63) is 47.7 Å². The van der Waals surface area contributed by atoms with Gasteiger partial charge in [-0.25, -0.2) is 4.79 Å². The van der Waals surface area contributed by atoms with Crippen LogP contribution >= 0.6 is 0 Å². The summed E-state index contributed by atoms with van der Waals surface area (Å²) in [6.07, 6.45) is 2.23. The molecular weight excluding hydrogens is 258 g/mol. The van der Waals surface area contributed by atoms with Gasteiger partial charge in [-0.15, -0.1) is 0 Å². The van der Waals surface area contributed by atoms with Gasteiger partial charge in [0.2, 0.25) is 0 Å². The molecule has 104 valence electrons. The van der Waals surface area contributed by atoms with Gasteiger partial charge in [-0.3, -0.25) is 4.79 Å². The van der Waals surface area contributed by atoms with Gasteiger partial charge in [0.25, 0.3) is 5.91 Å². The summed E-state index contributed by atoms with van der Waals surface area (Å²) >= 11 is 0. The lowest BCUT2D eigenvalue weighted by molar-refractivity contribution is -0.137. The lowest BCUT2D eigenvalue weighted by atomic mass is 10.1. The number of likely N-dealkylation sites (N-methyl/N-ethyl adjacent to an activating group) is 1. The molecule has 2 rings (SSSR count). The Balaban J connectivity index is 2.35. The number of rotatable bonds is 3. The number of amides is 1. The lowest BCUT2D eigenvalue weighted by Crippen LogP contribution is -2.20. The minimum absolute atomic E-state index is 0.226. The van der Waals surface area contributed by atoms with Crippen molar-refractivity contribution < 1.29 is 19.4 Å². The molecule has 0 radical (unpaired) electrons. The molecule has 20 heavy (non-hydrogen) atoms. The van der Waals surface area contributed by atoms with Crippen LogP contribution in [0.5, 0.6) is 0 Å². The molecule has 0 saturated carbocycles. The maximum Gasteiger partial charge on any atom is 0.334 e. The van der Waals surface area contributed by atoms with E-state index in [1.54, 1.807) is 20.0 Å². The molecule has 1 aromatic carbocycles. The first-order valence-electron chi connectivity index (χ1n) is 6.21. The summed E-state index contributed by atoms with van der Waals surface area (Å²) in [5, 5.41) is 9.75. The number of esters is 1. The molecule has 1 heterocycles. The van der Waals surface area contributed by atoms with Crippen molar-refractivity contribution in [2.45, 2.75) is 6.92 Å².